The molecule has 24 heavy (non-hydrogen) atoms. The number of nitrogens with zero attached hydrogens (tertiary/aromatic N) is 2. The number of nitrogens with one attached hydrogen (secondary N) is 1. The first-order chi connectivity index (χ1) is 11.6. The Balaban J connectivity index is 2.21. The fraction of sp³-hybridized carbons (Fsp3) is 0.118. The van der Waals surface area contributed by atoms with Gasteiger partial charge in [-0.05, 0) is 41.1 Å². The van der Waals surface area contributed by atoms with Crippen LogP contribution in [0.4, 0.5) is 5.95 Å². The second-order valence-electron chi connectivity index (χ2n) is 4.95. The van der Waals surface area contributed by atoms with E-state index < -0.39 is 0 Å². The zero-order valence-corrected chi connectivity index (χ0v) is 15.1. The Morgan fingerprint density at radius 1 is 1.25 bits per heavy atom. The summed E-state index contributed by atoms with van der Waals surface area (Å²) in [5.74, 6) is -0.192. The van der Waals surface area contributed by atoms with Crippen LogP contribution in [0.25, 0.3) is 22.6 Å². The highest BCUT2D eigenvalue weighted by atomic mass is 127. The van der Waals surface area contributed by atoms with Crippen molar-refractivity contribution >= 4 is 34.5 Å². The molecular weight excluding hydrogens is 419 g/mol. The van der Waals surface area contributed by atoms with E-state index in [0.29, 0.717) is 29.3 Å². The van der Waals surface area contributed by atoms with E-state index in [1.54, 1.807) is 19.2 Å². The van der Waals surface area contributed by atoms with Crippen LogP contribution in [0.2, 0.25) is 0 Å². The van der Waals surface area contributed by atoms with Crippen LogP contribution in [0.15, 0.2) is 42.6 Å². The average molecular weight is 434 g/mol. The number of hydrogen-bond acceptors (Lipinski definition) is 5. The molecule has 7 heteroatoms. The molecule has 3 N–H and O–H groups in total. The number of anilines is 1. The predicted octanol–water partition coefficient (Wildman–Crippen LogP) is 3.50. The molecule has 1 aromatic carbocycles. The molecule has 0 radical (unpaired) electrons. The molecule has 0 aliphatic rings. The lowest BCUT2D eigenvalue weighted by atomic mass is 10.1. The molecule has 3 rings (SSSR count). The molecule has 6 nitrogen and oxygen atoms in total. The number of benzene rings is 1. The second kappa shape index (κ2) is 7.00. The summed E-state index contributed by atoms with van der Waals surface area (Å²) < 4.78 is 5.96. The van der Waals surface area contributed by atoms with E-state index in [-0.39, 0.29) is 11.9 Å². The van der Waals surface area contributed by atoms with Gasteiger partial charge < -0.3 is 15.5 Å². The van der Waals surface area contributed by atoms with Crippen LogP contribution in [0.3, 0.4) is 0 Å². The fourth-order valence-electron chi connectivity index (χ4n) is 2.38. The molecule has 0 fully saturated rings. The van der Waals surface area contributed by atoms with Crippen molar-refractivity contribution in [3.63, 3.8) is 0 Å². The molecular formula is C17H15IN4O2. The topological polar surface area (TPSA) is 93.9 Å². The van der Waals surface area contributed by atoms with E-state index in [2.05, 4.69) is 37.5 Å². The number of esters is 1. The maximum atomic E-state index is 12.5. The molecule has 0 atom stereocenters. The SMILES string of the molecule is CCOC(=O)c1c(-c2ccccc2)[nH]c(-c2ccnc(N)n2)c1I. The van der Waals surface area contributed by atoms with Crippen molar-refractivity contribution in [1.29, 1.82) is 0 Å². The normalized spacial score (nSPS) is 10.6. The Hall–Kier alpha value is -2.42. The lowest BCUT2D eigenvalue weighted by molar-refractivity contribution is 0.0526. The van der Waals surface area contributed by atoms with Gasteiger partial charge in [0.05, 0.1) is 32.8 Å². The number of nitrogen functional groups attached to an aromatic ring is 1. The van der Waals surface area contributed by atoms with E-state index >= 15 is 0 Å². The number of halogens is 1. The van der Waals surface area contributed by atoms with Crippen LogP contribution in [-0.2, 0) is 4.74 Å². The molecule has 2 heterocycles. The lowest BCUT2D eigenvalue weighted by Gasteiger charge is -2.04. The lowest BCUT2D eigenvalue weighted by Crippen LogP contribution is -2.06. The number of ether oxygens (including phenoxy) is 1. The van der Waals surface area contributed by atoms with Crippen molar-refractivity contribution in [3.8, 4) is 22.6 Å². The summed E-state index contributed by atoms with van der Waals surface area (Å²) >= 11 is 2.13. The molecule has 0 saturated carbocycles. The van der Waals surface area contributed by atoms with Crippen LogP contribution in [0.5, 0.6) is 0 Å². The van der Waals surface area contributed by atoms with Gasteiger partial charge in [0, 0.05) is 6.20 Å². The molecule has 0 spiro atoms. The third-order valence-electron chi connectivity index (χ3n) is 3.41. The predicted molar refractivity (Wildman–Crippen MR) is 100 cm³/mol. The van der Waals surface area contributed by atoms with Gasteiger partial charge in [0.2, 0.25) is 5.95 Å². The van der Waals surface area contributed by atoms with Gasteiger partial charge in [-0.3, -0.25) is 0 Å². The van der Waals surface area contributed by atoms with Crippen molar-refractivity contribution in [2.24, 2.45) is 0 Å². The first-order valence-electron chi connectivity index (χ1n) is 7.34. The van der Waals surface area contributed by atoms with Gasteiger partial charge in [0.15, 0.2) is 0 Å². The van der Waals surface area contributed by atoms with E-state index in [9.17, 15) is 4.79 Å². The summed E-state index contributed by atoms with van der Waals surface area (Å²) in [7, 11) is 0. The summed E-state index contributed by atoms with van der Waals surface area (Å²) in [5.41, 5.74) is 9.11. The third-order valence-corrected chi connectivity index (χ3v) is 4.49. The number of hydrogen-bond donors (Lipinski definition) is 2. The monoisotopic (exact) mass is 434 g/mol. The van der Waals surface area contributed by atoms with Crippen molar-refractivity contribution in [1.82, 2.24) is 15.0 Å². The molecule has 0 bridgehead atoms. The Kier molecular flexibility index (Phi) is 4.79. The Bertz CT molecular complexity index is 878. The van der Waals surface area contributed by atoms with Crippen LogP contribution in [0.1, 0.15) is 17.3 Å². The number of rotatable bonds is 4. The number of H-pyrrole nitrogens is 1. The molecule has 2 aromatic heterocycles. The van der Waals surface area contributed by atoms with Crippen LogP contribution < -0.4 is 5.73 Å². The Morgan fingerprint density at radius 3 is 2.67 bits per heavy atom. The van der Waals surface area contributed by atoms with E-state index in [1.165, 1.54) is 0 Å². The average Bonchev–Trinajstić information content (AvgIpc) is 2.93. The first kappa shape index (κ1) is 16.4. The third kappa shape index (κ3) is 3.12. The number of aromatic nitrogens is 3. The van der Waals surface area contributed by atoms with E-state index in [4.69, 9.17) is 10.5 Å². The maximum Gasteiger partial charge on any atom is 0.341 e. The number of carbonyl (C=O) groups is 1. The minimum Gasteiger partial charge on any atom is -0.462 e. The number of nitrogens with two attached hydrogens (primary N) is 1. The zero-order chi connectivity index (χ0) is 17.1. The van der Waals surface area contributed by atoms with Crippen molar-refractivity contribution < 1.29 is 9.53 Å². The molecule has 0 unspecified atom stereocenters. The zero-order valence-electron chi connectivity index (χ0n) is 12.9. The van der Waals surface area contributed by atoms with E-state index in [0.717, 1.165) is 9.13 Å². The van der Waals surface area contributed by atoms with Gasteiger partial charge in [-0.15, -0.1) is 0 Å². The Labute approximate surface area is 152 Å². The summed E-state index contributed by atoms with van der Waals surface area (Å²) in [5, 5.41) is 0. The minimum absolute atomic E-state index is 0.178. The smallest absolute Gasteiger partial charge is 0.341 e. The van der Waals surface area contributed by atoms with Crippen LogP contribution in [-0.4, -0.2) is 27.5 Å². The molecule has 0 saturated heterocycles. The largest absolute Gasteiger partial charge is 0.462 e. The van der Waals surface area contributed by atoms with Gasteiger partial charge in [0.25, 0.3) is 0 Å². The highest BCUT2D eigenvalue weighted by Crippen LogP contribution is 2.34. The molecule has 0 aliphatic heterocycles. The number of aromatic amines is 1. The highest BCUT2D eigenvalue weighted by Gasteiger charge is 2.25. The van der Waals surface area contributed by atoms with Crippen molar-refractivity contribution in [3.05, 3.63) is 51.7 Å². The summed E-state index contributed by atoms with van der Waals surface area (Å²) in [6.45, 7) is 2.09. The quantitative estimate of drug-likeness (QED) is 0.484. The standard InChI is InChI=1S/C17H15IN4O2/c1-2-24-16(23)12-13(18)15(11-8-9-20-17(19)21-11)22-14(12)10-6-4-3-5-7-10/h3-9,22H,2H2,1H3,(H2,19,20,21). The van der Waals surface area contributed by atoms with Crippen LogP contribution >= 0.6 is 22.6 Å². The highest BCUT2D eigenvalue weighted by molar-refractivity contribution is 14.1. The van der Waals surface area contributed by atoms with Gasteiger partial charge in [-0.25, -0.2) is 14.8 Å². The fourth-order valence-corrected chi connectivity index (χ4v) is 3.28. The maximum absolute atomic E-state index is 12.5. The molecule has 0 amide bonds. The van der Waals surface area contributed by atoms with Crippen LogP contribution in [0, 0.1) is 3.57 Å². The second-order valence-corrected chi connectivity index (χ2v) is 6.03. The van der Waals surface area contributed by atoms with Gasteiger partial charge in [0.1, 0.15) is 0 Å². The molecule has 3 aromatic rings. The van der Waals surface area contributed by atoms with Gasteiger partial charge in [-0.2, -0.15) is 0 Å². The summed E-state index contributed by atoms with van der Waals surface area (Å²) in [6.07, 6.45) is 1.58. The Morgan fingerprint density at radius 2 is 2.00 bits per heavy atom. The summed E-state index contributed by atoms with van der Waals surface area (Å²) in [4.78, 5) is 23.9. The molecule has 122 valence electrons. The minimum atomic E-state index is -0.370. The molecule has 0 aliphatic carbocycles. The van der Waals surface area contributed by atoms with Gasteiger partial charge in [-0.1, -0.05) is 30.3 Å². The first-order valence-corrected chi connectivity index (χ1v) is 8.42. The van der Waals surface area contributed by atoms with Crippen molar-refractivity contribution in [2.45, 2.75) is 6.92 Å². The van der Waals surface area contributed by atoms with Crippen molar-refractivity contribution in [2.75, 3.05) is 12.3 Å². The summed E-state index contributed by atoms with van der Waals surface area (Å²) in [6, 6.07) is 11.4. The van der Waals surface area contributed by atoms with Gasteiger partial charge >= 0.3 is 5.97 Å². The van der Waals surface area contributed by atoms with E-state index in [1.807, 2.05) is 30.3 Å². The number of carbonyl (C=O) groups excluding carboxylic acids is 1.